The smallest absolute Gasteiger partial charge is 0.454 e. The van der Waals surface area contributed by atoms with Gasteiger partial charge in [-0.3, -0.25) is 0 Å². The van der Waals surface area contributed by atoms with Crippen molar-refractivity contribution in [1.29, 1.82) is 0 Å². The van der Waals surface area contributed by atoms with Gasteiger partial charge in [-0.1, -0.05) is 48.5 Å². The molecule has 4 rings (SSSR count). The van der Waals surface area contributed by atoms with Gasteiger partial charge in [-0.2, -0.15) is 0 Å². The molecule has 0 amide bonds. The van der Waals surface area contributed by atoms with Crippen molar-refractivity contribution in [3.05, 3.63) is 33.8 Å². The number of halogens is 1. The van der Waals surface area contributed by atoms with E-state index in [2.05, 4.69) is 71.3 Å². The molecule has 1 N–H and O–H groups in total. The fraction of sp³-hybridized carbons (Fsp3) is 0.636. The van der Waals surface area contributed by atoms with Crippen LogP contribution in [0.1, 0.15) is 78.7 Å². The molecule has 13 heteroatoms. The first kappa shape index (κ1) is 36.7. The number of methoxy groups -OCH3 is 3. The second kappa shape index (κ2) is 14.5. The molecule has 2 aromatic carbocycles. The van der Waals surface area contributed by atoms with E-state index in [0.29, 0.717) is 33.0 Å². The van der Waals surface area contributed by atoms with Crippen LogP contribution in [0.4, 0.5) is 0 Å². The summed E-state index contributed by atoms with van der Waals surface area (Å²) in [7, 11) is 1.46. The fourth-order valence-electron chi connectivity index (χ4n) is 7.44. The monoisotopic (exact) mass is 724 g/mol. The summed E-state index contributed by atoms with van der Waals surface area (Å²) in [5, 5.41) is 11.4. The summed E-state index contributed by atoms with van der Waals surface area (Å²) in [5.74, 6) is 1.90. The zero-order chi connectivity index (χ0) is 34.1. The first-order valence-electron chi connectivity index (χ1n) is 15.9. The standard InChI is InChI=1S/C33H50BBrO10Si/c1-18(2)46(19(3)4,20(5)6)44-32(23-15-24(38-11)31(39-12)28(36)27(23)35)33(8)21(7)29(43-34(9)45-33)22-13-25(40-16-37-10)30-26(14-22)41-17-42-30/h13-15,18-21,29,32,36H,16-17H2,1-12H3/t21-,29+,32+,33-/m0/s1. The molecule has 1 saturated heterocycles. The molecule has 2 aliphatic rings. The van der Waals surface area contributed by atoms with Gasteiger partial charge in [-0.25, -0.2) is 0 Å². The summed E-state index contributed by atoms with van der Waals surface area (Å²) in [4.78, 5) is 0. The summed E-state index contributed by atoms with van der Waals surface area (Å²) >= 11 is 3.71. The number of benzene rings is 2. The van der Waals surface area contributed by atoms with Crippen molar-refractivity contribution in [2.45, 2.75) is 96.6 Å². The fourth-order valence-corrected chi connectivity index (χ4v) is 13.5. The maximum Gasteiger partial charge on any atom is 0.454 e. The Morgan fingerprint density at radius 3 is 2.22 bits per heavy atom. The quantitative estimate of drug-likeness (QED) is 0.160. The lowest BCUT2D eigenvalue weighted by Crippen LogP contribution is -2.58. The van der Waals surface area contributed by atoms with Crippen molar-refractivity contribution in [1.82, 2.24) is 0 Å². The summed E-state index contributed by atoms with van der Waals surface area (Å²) in [5.41, 5.74) is 1.43. The molecule has 10 nitrogen and oxygen atoms in total. The van der Waals surface area contributed by atoms with E-state index < -0.39 is 33.2 Å². The Morgan fingerprint density at radius 1 is 1.00 bits per heavy atom. The van der Waals surface area contributed by atoms with E-state index in [0.717, 1.165) is 5.56 Å². The molecule has 46 heavy (non-hydrogen) atoms. The van der Waals surface area contributed by atoms with Gasteiger partial charge < -0.3 is 47.3 Å². The zero-order valence-electron chi connectivity index (χ0n) is 29.2. The van der Waals surface area contributed by atoms with Crippen molar-refractivity contribution < 1.29 is 47.3 Å². The molecular formula is C33H50BBrO10Si. The SMILES string of the molecule is COCOc1cc([C@@H]2OB(C)O[C@](C)([C@H](O[Si](C(C)C)(C(C)C)C(C)C)c3cc(OC)c(OC)c(O)c3Br)[C@H]2C)cc2c1OCO2. The second-order valence-electron chi connectivity index (χ2n) is 13.2. The molecule has 1 fully saturated rings. The largest absolute Gasteiger partial charge is 0.503 e. The van der Waals surface area contributed by atoms with E-state index in [9.17, 15) is 5.11 Å². The number of ether oxygens (including phenoxy) is 6. The Balaban J connectivity index is 1.94. The van der Waals surface area contributed by atoms with Crippen LogP contribution < -0.4 is 23.7 Å². The van der Waals surface area contributed by atoms with Gasteiger partial charge >= 0.3 is 7.12 Å². The number of fused-ring (bicyclic) bond motifs is 1. The van der Waals surface area contributed by atoms with Crippen LogP contribution in [-0.4, -0.2) is 61.1 Å². The molecule has 2 heterocycles. The molecule has 4 atom stereocenters. The minimum Gasteiger partial charge on any atom is -0.503 e. The third-order valence-electron chi connectivity index (χ3n) is 9.68. The number of hydrogen-bond donors (Lipinski definition) is 1. The Morgan fingerprint density at radius 2 is 1.65 bits per heavy atom. The molecule has 2 aliphatic heterocycles. The molecular weight excluding hydrogens is 675 g/mol. The first-order valence-corrected chi connectivity index (χ1v) is 18.8. The van der Waals surface area contributed by atoms with E-state index in [4.69, 9.17) is 42.2 Å². The van der Waals surface area contributed by atoms with Crippen LogP contribution in [0.5, 0.6) is 34.5 Å². The van der Waals surface area contributed by atoms with Gasteiger partial charge in [0, 0.05) is 18.6 Å². The predicted octanol–water partition coefficient (Wildman–Crippen LogP) is 8.42. The minimum atomic E-state index is -2.55. The maximum absolute atomic E-state index is 11.4. The van der Waals surface area contributed by atoms with Crippen LogP contribution in [0.15, 0.2) is 22.7 Å². The number of aromatic hydroxyl groups is 1. The highest BCUT2D eigenvalue weighted by atomic mass is 79.9. The molecule has 0 aliphatic carbocycles. The van der Waals surface area contributed by atoms with Gasteiger partial charge in [-0.05, 0) is 70.1 Å². The molecule has 0 saturated carbocycles. The van der Waals surface area contributed by atoms with Crippen LogP contribution in [-0.2, 0) is 18.5 Å². The third-order valence-corrected chi connectivity index (χ3v) is 16.6. The van der Waals surface area contributed by atoms with Crippen LogP contribution in [0.2, 0.25) is 23.4 Å². The number of phenols is 1. The van der Waals surface area contributed by atoms with E-state index >= 15 is 0 Å². The van der Waals surface area contributed by atoms with Gasteiger partial charge in [0.25, 0.3) is 0 Å². The average Bonchev–Trinajstić information content (AvgIpc) is 3.48. The van der Waals surface area contributed by atoms with E-state index in [1.165, 1.54) is 7.11 Å². The Bertz CT molecular complexity index is 1350. The van der Waals surface area contributed by atoms with Crippen LogP contribution in [0.3, 0.4) is 0 Å². The van der Waals surface area contributed by atoms with Crippen molar-refractivity contribution >= 4 is 31.4 Å². The second-order valence-corrected chi connectivity index (χ2v) is 19.4. The zero-order valence-corrected chi connectivity index (χ0v) is 31.8. The predicted molar refractivity (Wildman–Crippen MR) is 183 cm³/mol. The van der Waals surface area contributed by atoms with Crippen LogP contribution >= 0.6 is 15.9 Å². The molecule has 0 spiro atoms. The molecule has 2 aromatic rings. The lowest BCUT2D eigenvalue weighted by Gasteiger charge is -2.54. The lowest BCUT2D eigenvalue weighted by atomic mass is 9.72. The molecule has 0 aromatic heterocycles. The van der Waals surface area contributed by atoms with E-state index in [1.807, 2.05) is 25.0 Å². The Kier molecular flexibility index (Phi) is 11.6. The molecule has 0 bridgehead atoms. The van der Waals surface area contributed by atoms with E-state index in [1.54, 1.807) is 14.2 Å². The average molecular weight is 726 g/mol. The van der Waals surface area contributed by atoms with Crippen molar-refractivity contribution in [2.24, 2.45) is 5.92 Å². The number of hydrogen-bond acceptors (Lipinski definition) is 10. The normalized spacial score (nSPS) is 22.1. The van der Waals surface area contributed by atoms with Crippen molar-refractivity contribution in [2.75, 3.05) is 34.9 Å². The van der Waals surface area contributed by atoms with Crippen LogP contribution in [0.25, 0.3) is 0 Å². The van der Waals surface area contributed by atoms with Gasteiger partial charge in [-0.15, -0.1) is 0 Å². The topological polar surface area (TPSA) is 103 Å². The first-order chi connectivity index (χ1) is 21.7. The highest BCUT2D eigenvalue weighted by molar-refractivity contribution is 9.10. The van der Waals surface area contributed by atoms with Crippen molar-refractivity contribution in [3.63, 3.8) is 0 Å². The molecule has 256 valence electrons. The van der Waals surface area contributed by atoms with Gasteiger partial charge in [0.15, 0.2) is 29.8 Å². The Labute approximate surface area is 283 Å². The summed E-state index contributed by atoms with van der Waals surface area (Å²) in [6.07, 6.45) is -1.09. The van der Waals surface area contributed by atoms with E-state index in [-0.39, 0.29) is 47.6 Å². The highest BCUT2D eigenvalue weighted by Crippen LogP contribution is 2.57. The molecule has 0 unspecified atom stereocenters. The Hall–Kier alpha value is -2.16. The van der Waals surface area contributed by atoms with Gasteiger partial charge in [0.05, 0.1) is 36.5 Å². The van der Waals surface area contributed by atoms with Gasteiger partial charge in [0.2, 0.25) is 26.6 Å². The molecule has 0 radical (unpaired) electrons. The van der Waals surface area contributed by atoms with Gasteiger partial charge in [0.1, 0.15) is 0 Å². The summed E-state index contributed by atoms with van der Waals surface area (Å²) in [6.45, 7) is 19.7. The lowest BCUT2D eigenvalue weighted by molar-refractivity contribution is -0.151. The summed E-state index contributed by atoms with van der Waals surface area (Å²) < 4.78 is 55.3. The summed E-state index contributed by atoms with van der Waals surface area (Å²) in [6, 6.07) is 5.72. The third kappa shape index (κ3) is 6.47. The minimum absolute atomic E-state index is 0.0522. The van der Waals surface area contributed by atoms with Crippen molar-refractivity contribution in [3.8, 4) is 34.5 Å². The maximum atomic E-state index is 11.4. The number of rotatable bonds is 13. The number of phenolic OH excluding ortho intramolecular Hbond substituents is 1. The highest BCUT2D eigenvalue weighted by Gasteiger charge is 2.56. The van der Waals surface area contributed by atoms with Crippen LogP contribution in [0, 0.1) is 5.92 Å².